The van der Waals surface area contributed by atoms with E-state index in [9.17, 15) is 18.0 Å². The van der Waals surface area contributed by atoms with Crippen LogP contribution in [-0.2, 0) is 20.1 Å². The number of hydrogen-bond acceptors (Lipinski definition) is 6. The largest absolute Gasteiger partial charge is 0.300 e. The molecule has 17 heavy (non-hydrogen) atoms. The summed E-state index contributed by atoms with van der Waals surface area (Å²) < 4.78 is 21.8. The lowest BCUT2D eigenvalue weighted by Crippen LogP contribution is -2.02. The first-order valence-corrected chi connectivity index (χ1v) is 8.95. The van der Waals surface area contributed by atoms with Crippen molar-refractivity contribution in [3.63, 3.8) is 0 Å². The van der Waals surface area contributed by atoms with Crippen molar-refractivity contribution in [2.75, 3.05) is 12.0 Å². The number of rotatable bonds is 6. The molecule has 1 aromatic heterocycles. The van der Waals surface area contributed by atoms with E-state index < -0.39 is 8.87 Å². The number of thiophene rings is 1. The van der Waals surface area contributed by atoms with Gasteiger partial charge in [0.05, 0.1) is 10.6 Å². The molecule has 0 aliphatic heterocycles. The zero-order valence-electron chi connectivity index (χ0n) is 9.43. The molecule has 0 atom stereocenters. The van der Waals surface area contributed by atoms with Crippen LogP contribution in [0.4, 0.5) is 0 Å². The first kappa shape index (κ1) is 14.4. The standard InChI is InChI=1S/C10H12O4S3/c1-7(11)5-8-3-4-10(16-8)9(12)6-15-17(2,13)14/h3-4H,5-6H2,1-2H3. The fourth-order valence-electron chi connectivity index (χ4n) is 1.10. The maximum Gasteiger partial charge on any atom is 0.199 e. The fourth-order valence-corrected chi connectivity index (χ4v) is 3.65. The van der Waals surface area contributed by atoms with Crippen molar-refractivity contribution in [2.24, 2.45) is 0 Å². The highest BCUT2D eigenvalue weighted by molar-refractivity contribution is 8.72. The smallest absolute Gasteiger partial charge is 0.199 e. The molecular formula is C10H12O4S3. The Hall–Kier alpha value is -0.660. The lowest BCUT2D eigenvalue weighted by atomic mass is 10.2. The zero-order chi connectivity index (χ0) is 13.1. The predicted octanol–water partition coefficient (Wildman–Crippen LogP) is 1.76. The minimum atomic E-state index is -3.19. The molecule has 0 unspecified atom stereocenters. The maximum absolute atomic E-state index is 11.6. The summed E-state index contributed by atoms with van der Waals surface area (Å²) >= 11 is 1.24. The van der Waals surface area contributed by atoms with Gasteiger partial charge in [0, 0.05) is 17.6 Å². The Kier molecular flexibility index (Phi) is 4.91. The summed E-state index contributed by atoms with van der Waals surface area (Å²) in [4.78, 5) is 23.8. The van der Waals surface area contributed by atoms with Gasteiger partial charge >= 0.3 is 0 Å². The van der Waals surface area contributed by atoms with E-state index in [1.807, 2.05) is 0 Å². The second-order valence-corrected chi connectivity index (χ2v) is 9.16. The Morgan fingerprint density at radius 2 is 2.00 bits per heavy atom. The van der Waals surface area contributed by atoms with Crippen molar-refractivity contribution in [1.29, 1.82) is 0 Å². The van der Waals surface area contributed by atoms with E-state index in [4.69, 9.17) is 0 Å². The highest BCUT2D eigenvalue weighted by Gasteiger charge is 2.13. The maximum atomic E-state index is 11.6. The van der Waals surface area contributed by atoms with Crippen LogP contribution in [0.1, 0.15) is 21.5 Å². The molecule has 0 spiro atoms. The van der Waals surface area contributed by atoms with Crippen LogP contribution in [0, 0.1) is 0 Å². The SMILES string of the molecule is CC(=O)Cc1ccc(C(=O)CSS(C)(=O)=O)s1. The molecule has 1 aromatic rings. The average Bonchev–Trinajstić information content (AvgIpc) is 2.60. The van der Waals surface area contributed by atoms with Gasteiger partial charge < -0.3 is 0 Å². The van der Waals surface area contributed by atoms with Crippen LogP contribution in [0.2, 0.25) is 0 Å². The van der Waals surface area contributed by atoms with Crippen molar-refractivity contribution < 1.29 is 18.0 Å². The Bertz CT molecular complexity index is 528. The quantitative estimate of drug-likeness (QED) is 0.590. The van der Waals surface area contributed by atoms with Crippen LogP contribution in [-0.4, -0.2) is 32.0 Å². The van der Waals surface area contributed by atoms with Gasteiger partial charge in [0.1, 0.15) is 5.78 Å². The third kappa shape index (κ3) is 5.47. The minimum Gasteiger partial charge on any atom is -0.300 e. The summed E-state index contributed by atoms with van der Waals surface area (Å²) in [5.41, 5.74) is 0. The zero-order valence-corrected chi connectivity index (χ0v) is 11.9. The third-order valence-corrected chi connectivity index (χ3v) is 5.34. The minimum absolute atomic E-state index is 0.0383. The Morgan fingerprint density at radius 3 is 2.53 bits per heavy atom. The van der Waals surface area contributed by atoms with Crippen molar-refractivity contribution >= 4 is 42.6 Å². The molecule has 94 valence electrons. The van der Waals surface area contributed by atoms with Gasteiger partial charge in [0.15, 0.2) is 14.7 Å². The molecule has 0 radical (unpaired) electrons. The molecule has 0 saturated heterocycles. The first-order valence-electron chi connectivity index (χ1n) is 4.73. The van der Waals surface area contributed by atoms with Gasteiger partial charge in [-0.15, -0.1) is 11.3 Å². The third-order valence-electron chi connectivity index (χ3n) is 1.76. The van der Waals surface area contributed by atoms with Gasteiger partial charge in [0.2, 0.25) is 0 Å². The van der Waals surface area contributed by atoms with Gasteiger partial charge in [-0.2, -0.15) is 0 Å². The van der Waals surface area contributed by atoms with E-state index in [-0.39, 0.29) is 17.3 Å². The summed E-state index contributed by atoms with van der Waals surface area (Å²) in [6.07, 6.45) is 1.39. The molecule has 0 saturated carbocycles. The van der Waals surface area contributed by atoms with Crippen molar-refractivity contribution in [3.05, 3.63) is 21.9 Å². The van der Waals surface area contributed by atoms with E-state index in [0.29, 0.717) is 22.1 Å². The van der Waals surface area contributed by atoms with E-state index in [1.54, 1.807) is 12.1 Å². The highest BCUT2D eigenvalue weighted by atomic mass is 33.1. The number of carbonyl (C=O) groups excluding carboxylic acids is 2. The van der Waals surface area contributed by atoms with Crippen molar-refractivity contribution in [2.45, 2.75) is 13.3 Å². The summed E-state index contributed by atoms with van der Waals surface area (Å²) in [6, 6.07) is 3.36. The molecule has 4 nitrogen and oxygen atoms in total. The molecule has 0 fully saturated rings. The van der Waals surface area contributed by atoms with E-state index >= 15 is 0 Å². The van der Waals surface area contributed by atoms with E-state index in [1.165, 1.54) is 18.3 Å². The Balaban J connectivity index is 2.64. The predicted molar refractivity (Wildman–Crippen MR) is 70.3 cm³/mol. The van der Waals surface area contributed by atoms with E-state index in [2.05, 4.69) is 0 Å². The lowest BCUT2D eigenvalue weighted by molar-refractivity contribution is -0.116. The molecule has 0 aromatic carbocycles. The van der Waals surface area contributed by atoms with Gasteiger partial charge in [-0.1, -0.05) is 0 Å². The second-order valence-electron chi connectivity index (χ2n) is 3.53. The summed E-state index contributed by atoms with van der Waals surface area (Å²) in [7, 11) is -2.57. The second kappa shape index (κ2) is 5.79. The first-order chi connectivity index (χ1) is 7.78. The van der Waals surface area contributed by atoms with Crippen LogP contribution in [0.25, 0.3) is 0 Å². The molecule has 0 N–H and O–H groups in total. The number of hydrogen-bond donors (Lipinski definition) is 0. The molecule has 1 heterocycles. The van der Waals surface area contributed by atoms with Gasteiger partial charge in [-0.3, -0.25) is 9.59 Å². The van der Waals surface area contributed by atoms with Crippen molar-refractivity contribution in [3.8, 4) is 0 Å². The van der Waals surface area contributed by atoms with Crippen LogP contribution in [0.3, 0.4) is 0 Å². The molecule has 0 bridgehead atoms. The molecule has 0 amide bonds. The molecule has 0 aliphatic carbocycles. The topological polar surface area (TPSA) is 68.3 Å². The fraction of sp³-hybridized carbons (Fsp3) is 0.400. The summed E-state index contributed by atoms with van der Waals surface area (Å²) in [5, 5.41) is 0. The lowest BCUT2D eigenvalue weighted by Gasteiger charge is -1.96. The average molecular weight is 292 g/mol. The Morgan fingerprint density at radius 1 is 1.35 bits per heavy atom. The van der Waals surface area contributed by atoms with Crippen LogP contribution in [0.15, 0.2) is 12.1 Å². The number of carbonyl (C=O) groups is 2. The molecule has 0 aliphatic rings. The normalized spacial score (nSPS) is 11.4. The molecule has 7 heteroatoms. The van der Waals surface area contributed by atoms with Gasteiger partial charge in [-0.05, 0) is 29.9 Å². The summed E-state index contributed by atoms with van der Waals surface area (Å²) in [6.45, 7) is 1.49. The highest BCUT2D eigenvalue weighted by Crippen LogP contribution is 2.20. The molecular weight excluding hydrogens is 280 g/mol. The number of Topliss-reactive ketones (excluding diaryl/α,β-unsaturated/α-hetero) is 2. The van der Waals surface area contributed by atoms with Crippen LogP contribution >= 0.6 is 22.1 Å². The molecule has 1 rings (SSSR count). The van der Waals surface area contributed by atoms with Crippen LogP contribution in [0.5, 0.6) is 0 Å². The van der Waals surface area contributed by atoms with Gasteiger partial charge in [-0.25, -0.2) is 8.42 Å². The monoisotopic (exact) mass is 292 g/mol. The van der Waals surface area contributed by atoms with Crippen LogP contribution < -0.4 is 0 Å². The van der Waals surface area contributed by atoms with E-state index in [0.717, 1.165) is 11.1 Å². The number of ketones is 2. The Labute approximate surface area is 108 Å². The van der Waals surface area contributed by atoms with Crippen molar-refractivity contribution in [1.82, 2.24) is 0 Å². The summed E-state index contributed by atoms with van der Waals surface area (Å²) in [5.74, 6) is -0.268. The van der Waals surface area contributed by atoms with Gasteiger partial charge in [0.25, 0.3) is 0 Å².